The van der Waals surface area contributed by atoms with E-state index in [2.05, 4.69) is 25.5 Å². The molecule has 2 N–H and O–H groups in total. The molecule has 29 heavy (non-hydrogen) atoms. The minimum atomic E-state index is -0.0982. The lowest BCUT2D eigenvalue weighted by Gasteiger charge is -2.26. The molecule has 2 aromatic heterocycles. The number of thiophene rings is 1. The van der Waals surface area contributed by atoms with Gasteiger partial charge in [0, 0.05) is 19.6 Å². The van der Waals surface area contributed by atoms with E-state index in [1.807, 2.05) is 6.92 Å². The normalized spacial score (nSPS) is 20.7. The van der Waals surface area contributed by atoms with E-state index in [1.165, 1.54) is 43.7 Å². The van der Waals surface area contributed by atoms with E-state index in [9.17, 15) is 4.79 Å². The third-order valence-corrected chi connectivity index (χ3v) is 6.68. The Morgan fingerprint density at radius 1 is 1.28 bits per heavy atom. The van der Waals surface area contributed by atoms with Gasteiger partial charge in [-0.25, -0.2) is 9.97 Å². The van der Waals surface area contributed by atoms with Gasteiger partial charge in [-0.3, -0.25) is 4.79 Å². The van der Waals surface area contributed by atoms with Crippen molar-refractivity contribution < 1.29 is 14.3 Å². The van der Waals surface area contributed by atoms with Gasteiger partial charge in [-0.05, 0) is 38.4 Å². The number of hydrogen-bond donors (Lipinski definition) is 2. The minimum Gasteiger partial charge on any atom is -0.376 e. The predicted molar refractivity (Wildman–Crippen MR) is 114 cm³/mol. The maximum Gasteiger partial charge on any atom is 0.261 e. The van der Waals surface area contributed by atoms with E-state index >= 15 is 0 Å². The smallest absolute Gasteiger partial charge is 0.261 e. The topological polar surface area (TPSA) is 88.6 Å². The van der Waals surface area contributed by atoms with Crippen LogP contribution in [-0.4, -0.2) is 79.4 Å². The van der Waals surface area contributed by atoms with Crippen molar-refractivity contribution >= 4 is 33.3 Å². The van der Waals surface area contributed by atoms with Gasteiger partial charge in [0.05, 0.1) is 36.2 Å². The molecule has 1 atom stereocenters. The maximum absolute atomic E-state index is 12.7. The summed E-state index contributed by atoms with van der Waals surface area (Å²) < 4.78 is 11.0. The number of ether oxygens (including phenoxy) is 2. The molecule has 4 heterocycles. The molecule has 0 aromatic carbocycles. The highest BCUT2D eigenvalue weighted by atomic mass is 32.1. The lowest BCUT2D eigenvalue weighted by Crippen LogP contribution is -2.39. The summed E-state index contributed by atoms with van der Waals surface area (Å²) in [6, 6.07) is 0. The van der Waals surface area contributed by atoms with Crippen LogP contribution in [0.2, 0.25) is 0 Å². The molecule has 2 aliphatic rings. The molecule has 2 aromatic rings. The number of piperidine rings is 1. The first-order valence-electron chi connectivity index (χ1n) is 10.4. The van der Waals surface area contributed by atoms with Crippen LogP contribution in [0.15, 0.2) is 6.33 Å². The second kappa shape index (κ2) is 9.80. The fourth-order valence-corrected chi connectivity index (χ4v) is 4.94. The van der Waals surface area contributed by atoms with Crippen molar-refractivity contribution in [3.63, 3.8) is 0 Å². The Bertz CT molecular complexity index is 831. The molecule has 1 unspecified atom stereocenters. The lowest BCUT2D eigenvalue weighted by atomic mass is 10.1. The third-order valence-electron chi connectivity index (χ3n) is 5.48. The number of anilines is 1. The molecule has 1 amide bonds. The van der Waals surface area contributed by atoms with E-state index < -0.39 is 0 Å². The van der Waals surface area contributed by atoms with Crippen molar-refractivity contribution in [3.05, 3.63) is 16.8 Å². The Kier molecular flexibility index (Phi) is 6.91. The Hall–Kier alpha value is -1.81. The Balaban J connectivity index is 1.40. The first kappa shape index (κ1) is 20.5. The van der Waals surface area contributed by atoms with Crippen LogP contribution in [-0.2, 0) is 9.47 Å². The van der Waals surface area contributed by atoms with Crippen LogP contribution >= 0.6 is 11.3 Å². The first-order valence-corrected chi connectivity index (χ1v) is 11.2. The molecular formula is C20H29N5O3S. The molecule has 0 aliphatic carbocycles. The molecule has 2 aliphatic heterocycles. The summed E-state index contributed by atoms with van der Waals surface area (Å²) in [6.45, 7) is 8.31. The van der Waals surface area contributed by atoms with E-state index in [0.29, 0.717) is 31.2 Å². The van der Waals surface area contributed by atoms with Crippen molar-refractivity contribution in [2.45, 2.75) is 32.3 Å². The molecule has 0 radical (unpaired) electrons. The highest BCUT2D eigenvalue weighted by Gasteiger charge is 2.21. The van der Waals surface area contributed by atoms with Crippen LogP contribution in [0.5, 0.6) is 0 Å². The van der Waals surface area contributed by atoms with Crippen molar-refractivity contribution in [2.24, 2.45) is 0 Å². The number of hydrogen-bond acceptors (Lipinski definition) is 8. The quantitative estimate of drug-likeness (QED) is 0.710. The van der Waals surface area contributed by atoms with Crippen molar-refractivity contribution in [1.29, 1.82) is 0 Å². The Labute approximate surface area is 175 Å². The molecular weight excluding hydrogens is 390 g/mol. The van der Waals surface area contributed by atoms with E-state index in [0.717, 1.165) is 34.7 Å². The average Bonchev–Trinajstić information content (AvgIpc) is 3.11. The van der Waals surface area contributed by atoms with E-state index in [4.69, 9.17) is 9.47 Å². The van der Waals surface area contributed by atoms with E-state index in [-0.39, 0.29) is 12.0 Å². The van der Waals surface area contributed by atoms with Crippen LogP contribution in [0.4, 0.5) is 5.82 Å². The Morgan fingerprint density at radius 3 is 2.93 bits per heavy atom. The average molecular weight is 420 g/mol. The number of aromatic nitrogens is 2. The maximum atomic E-state index is 12.7. The standard InChI is InChI=1S/C20H29N5O3S/c1-14-16-18(21-5-8-25-6-3-2-4-7-25)23-13-24-20(16)29-17(14)19(26)22-11-15-12-27-9-10-28-15/h13,15H,2-12H2,1H3,(H,22,26)(H,21,23,24). The molecule has 9 heteroatoms. The second-order valence-corrected chi connectivity index (χ2v) is 8.56. The molecule has 4 rings (SSSR count). The van der Waals surface area contributed by atoms with Crippen LogP contribution in [0, 0.1) is 6.92 Å². The van der Waals surface area contributed by atoms with Gasteiger partial charge in [-0.2, -0.15) is 0 Å². The van der Waals surface area contributed by atoms with Crippen LogP contribution < -0.4 is 10.6 Å². The highest BCUT2D eigenvalue weighted by molar-refractivity contribution is 7.20. The summed E-state index contributed by atoms with van der Waals surface area (Å²) in [5, 5.41) is 7.37. The number of rotatable bonds is 7. The number of aryl methyl sites for hydroxylation is 1. The summed E-state index contributed by atoms with van der Waals surface area (Å²) >= 11 is 1.41. The fraction of sp³-hybridized carbons (Fsp3) is 0.650. The summed E-state index contributed by atoms with van der Waals surface area (Å²) in [4.78, 5) is 25.6. The molecule has 8 nitrogen and oxygen atoms in total. The molecule has 2 fully saturated rings. The Morgan fingerprint density at radius 2 is 2.14 bits per heavy atom. The largest absolute Gasteiger partial charge is 0.376 e. The van der Waals surface area contributed by atoms with Gasteiger partial charge >= 0.3 is 0 Å². The zero-order chi connectivity index (χ0) is 20.1. The summed E-state index contributed by atoms with van der Waals surface area (Å²) in [5.74, 6) is 0.711. The van der Waals surface area contributed by atoms with Crippen molar-refractivity contribution in [3.8, 4) is 0 Å². The van der Waals surface area contributed by atoms with Gasteiger partial charge in [0.15, 0.2) is 0 Å². The summed E-state index contributed by atoms with van der Waals surface area (Å²) in [5.41, 5.74) is 0.921. The molecule has 2 saturated heterocycles. The minimum absolute atomic E-state index is 0.0887. The number of nitrogens with one attached hydrogen (secondary N) is 2. The van der Waals surface area contributed by atoms with Gasteiger partial charge in [0.2, 0.25) is 0 Å². The van der Waals surface area contributed by atoms with Gasteiger partial charge in [0.1, 0.15) is 17.0 Å². The number of fused-ring (bicyclic) bond motifs is 1. The summed E-state index contributed by atoms with van der Waals surface area (Å²) in [6.07, 6.45) is 5.40. The number of amides is 1. The van der Waals surface area contributed by atoms with Gasteiger partial charge in [-0.15, -0.1) is 11.3 Å². The fourth-order valence-electron chi connectivity index (χ4n) is 3.88. The van der Waals surface area contributed by atoms with Crippen molar-refractivity contribution in [1.82, 2.24) is 20.2 Å². The highest BCUT2D eigenvalue weighted by Crippen LogP contribution is 2.33. The lowest BCUT2D eigenvalue weighted by molar-refractivity contribution is -0.0855. The molecule has 158 valence electrons. The molecule has 0 saturated carbocycles. The predicted octanol–water partition coefficient (Wildman–Crippen LogP) is 2.04. The summed E-state index contributed by atoms with van der Waals surface area (Å²) in [7, 11) is 0. The zero-order valence-corrected chi connectivity index (χ0v) is 17.7. The van der Waals surface area contributed by atoms with Crippen LogP contribution in [0.1, 0.15) is 34.5 Å². The SMILES string of the molecule is Cc1c(C(=O)NCC2COCCO2)sc2ncnc(NCCN3CCCCC3)c12. The third kappa shape index (κ3) is 5.03. The van der Waals surface area contributed by atoms with E-state index in [1.54, 1.807) is 6.33 Å². The number of nitrogens with zero attached hydrogens (tertiary/aromatic N) is 3. The van der Waals surface area contributed by atoms with Crippen LogP contribution in [0.25, 0.3) is 10.2 Å². The second-order valence-electron chi connectivity index (χ2n) is 7.57. The number of likely N-dealkylation sites (tertiary alicyclic amines) is 1. The number of carbonyl (C=O) groups is 1. The zero-order valence-electron chi connectivity index (χ0n) is 16.9. The molecule has 0 spiro atoms. The molecule has 0 bridgehead atoms. The van der Waals surface area contributed by atoms with Gasteiger partial charge in [-0.1, -0.05) is 6.42 Å². The number of carbonyl (C=O) groups excluding carboxylic acids is 1. The van der Waals surface area contributed by atoms with Crippen molar-refractivity contribution in [2.75, 3.05) is 57.9 Å². The van der Waals surface area contributed by atoms with Gasteiger partial charge in [0.25, 0.3) is 5.91 Å². The monoisotopic (exact) mass is 419 g/mol. The van der Waals surface area contributed by atoms with Crippen LogP contribution in [0.3, 0.4) is 0 Å². The van der Waals surface area contributed by atoms with Gasteiger partial charge < -0.3 is 25.0 Å². The first-order chi connectivity index (χ1) is 14.2.